The molecule has 204 valence electrons. The lowest BCUT2D eigenvalue weighted by atomic mass is 9.99. The van der Waals surface area contributed by atoms with E-state index < -0.39 is 23.2 Å². The number of pyridine rings is 1. The topological polar surface area (TPSA) is 148 Å². The number of H-pyrrole nitrogens is 2. The van der Waals surface area contributed by atoms with Crippen LogP contribution in [0.15, 0.2) is 50.8 Å². The molecule has 0 aliphatic carbocycles. The Morgan fingerprint density at radius 2 is 1.79 bits per heavy atom. The van der Waals surface area contributed by atoms with Crippen LogP contribution in [0.2, 0.25) is 10.0 Å². The van der Waals surface area contributed by atoms with Gasteiger partial charge in [-0.15, -0.1) is 5.10 Å². The fourth-order valence-corrected chi connectivity index (χ4v) is 4.34. The number of aromatic nitrogens is 4. The van der Waals surface area contributed by atoms with Crippen molar-refractivity contribution in [2.24, 2.45) is 0 Å². The monoisotopic (exact) mass is 573 g/mol. The van der Waals surface area contributed by atoms with Crippen LogP contribution in [-0.4, -0.2) is 32.4 Å². The Bertz CT molecular complexity index is 1700. The van der Waals surface area contributed by atoms with E-state index in [0.717, 1.165) is 22.1 Å². The van der Waals surface area contributed by atoms with Crippen LogP contribution >= 0.6 is 23.2 Å². The highest BCUT2D eigenvalue weighted by Gasteiger charge is 2.17. The van der Waals surface area contributed by atoms with Gasteiger partial charge in [-0.25, -0.2) is 9.59 Å². The zero-order valence-corrected chi connectivity index (χ0v) is 22.8. The molecule has 0 saturated carbocycles. The molecule has 0 aliphatic rings. The number of halogens is 2. The summed E-state index contributed by atoms with van der Waals surface area (Å²) in [6, 6.07) is 9.45. The summed E-state index contributed by atoms with van der Waals surface area (Å²) in [7, 11) is 0. The van der Waals surface area contributed by atoms with Crippen LogP contribution in [0.5, 0.6) is 11.5 Å². The Balaban J connectivity index is 1.66. The number of ether oxygens (including phenoxy) is 2. The third-order valence-corrected chi connectivity index (χ3v) is 6.26. The van der Waals surface area contributed by atoms with E-state index in [-0.39, 0.29) is 39.6 Å². The quantitative estimate of drug-likeness (QED) is 0.241. The maximum atomic E-state index is 12.5. The van der Waals surface area contributed by atoms with E-state index in [9.17, 15) is 19.2 Å². The Kier molecular flexibility index (Phi) is 8.41. The number of nitrogens with one attached hydrogen (secondary N) is 3. The number of rotatable bonds is 8. The molecule has 0 spiro atoms. The second kappa shape index (κ2) is 11.7. The van der Waals surface area contributed by atoms with E-state index in [2.05, 4.69) is 20.4 Å². The van der Waals surface area contributed by atoms with Gasteiger partial charge in [0.15, 0.2) is 5.75 Å². The van der Waals surface area contributed by atoms with E-state index in [1.807, 2.05) is 20.8 Å². The molecule has 4 rings (SSSR count). The van der Waals surface area contributed by atoms with Crippen molar-refractivity contribution >= 4 is 46.0 Å². The summed E-state index contributed by atoms with van der Waals surface area (Å²) in [4.78, 5) is 53.5. The van der Waals surface area contributed by atoms with Crippen molar-refractivity contribution in [1.82, 2.24) is 19.7 Å². The van der Waals surface area contributed by atoms with Gasteiger partial charge in [0.2, 0.25) is 11.4 Å². The zero-order chi connectivity index (χ0) is 28.3. The van der Waals surface area contributed by atoms with Crippen molar-refractivity contribution in [1.29, 1.82) is 0 Å². The van der Waals surface area contributed by atoms with Crippen LogP contribution in [0.1, 0.15) is 45.1 Å². The normalized spacial score (nSPS) is 11.1. The van der Waals surface area contributed by atoms with Crippen molar-refractivity contribution in [2.75, 3.05) is 11.9 Å². The predicted molar refractivity (Wildman–Crippen MR) is 149 cm³/mol. The van der Waals surface area contributed by atoms with Crippen LogP contribution in [-0.2, 0) is 4.74 Å². The standard InChI is InChI=1S/C26H25Cl2N5O6/c1-4-5-8-38-26(37)30-23-24(35)31-25(36)33(32-23)14-9-18(27)22(19(28)10-14)39-15-6-7-20-17(11-15)16(13(2)3)12-21(34)29-20/h6-7,9-13H,4-5,8H2,1-3H3,(H,29,34)(H,30,32,37)(H,31,35,36). The molecule has 4 aromatic rings. The van der Waals surface area contributed by atoms with Gasteiger partial charge >= 0.3 is 11.8 Å². The van der Waals surface area contributed by atoms with Crippen LogP contribution in [0.4, 0.5) is 10.6 Å². The molecule has 0 saturated heterocycles. The predicted octanol–water partition coefficient (Wildman–Crippen LogP) is 5.33. The molecule has 13 heteroatoms. The number of hydrogen-bond donors (Lipinski definition) is 3. The average molecular weight is 574 g/mol. The first-order chi connectivity index (χ1) is 18.6. The molecule has 11 nitrogen and oxygen atoms in total. The summed E-state index contributed by atoms with van der Waals surface area (Å²) in [5, 5.41) is 7.07. The number of unbranched alkanes of at least 4 members (excludes halogenated alkanes) is 1. The summed E-state index contributed by atoms with van der Waals surface area (Å²) in [6.45, 7) is 6.07. The number of nitrogens with zero attached hydrogens (tertiary/aromatic N) is 2. The van der Waals surface area contributed by atoms with Gasteiger partial charge in [-0.05, 0) is 48.2 Å². The maximum absolute atomic E-state index is 12.5. The van der Waals surface area contributed by atoms with Crippen molar-refractivity contribution in [3.05, 3.63) is 83.2 Å². The summed E-state index contributed by atoms with van der Waals surface area (Å²) < 4.78 is 11.8. The van der Waals surface area contributed by atoms with Gasteiger partial charge in [0.1, 0.15) is 5.75 Å². The van der Waals surface area contributed by atoms with E-state index in [1.165, 1.54) is 12.1 Å². The van der Waals surface area contributed by atoms with Gasteiger partial charge < -0.3 is 14.5 Å². The zero-order valence-electron chi connectivity index (χ0n) is 21.3. The Morgan fingerprint density at radius 1 is 1.08 bits per heavy atom. The van der Waals surface area contributed by atoms with Crippen molar-refractivity contribution in [3.8, 4) is 17.2 Å². The highest BCUT2D eigenvalue weighted by Crippen LogP contribution is 2.39. The third kappa shape index (κ3) is 6.32. The molecule has 2 aromatic carbocycles. The third-order valence-electron chi connectivity index (χ3n) is 5.70. The molecule has 2 aromatic heterocycles. The Morgan fingerprint density at radius 3 is 2.46 bits per heavy atom. The molecule has 39 heavy (non-hydrogen) atoms. The van der Waals surface area contributed by atoms with Crippen molar-refractivity contribution < 1.29 is 14.3 Å². The molecular formula is C26H25Cl2N5O6. The van der Waals surface area contributed by atoms with Crippen LogP contribution < -0.4 is 26.9 Å². The van der Waals surface area contributed by atoms with Crippen LogP contribution in [0.3, 0.4) is 0 Å². The number of anilines is 1. The highest BCUT2D eigenvalue weighted by molar-refractivity contribution is 6.37. The molecule has 2 heterocycles. The van der Waals surface area contributed by atoms with Crippen LogP contribution in [0, 0.1) is 0 Å². The molecule has 1 amide bonds. The van der Waals surface area contributed by atoms with Crippen molar-refractivity contribution in [2.45, 2.75) is 39.5 Å². The van der Waals surface area contributed by atoms with E-state index >= 15 is 0 Å². The van der Waals surface area contributed by atoms with Gasteiger partial charge in [-0.3, -0.25) is 19.9 Å². The van der Waals surface area contributed by atoms with E-state index in [4.69, 9.17) is 32.7 Å². The smallest absolute Gasteiger partial charge is 0.413 e. The molecular weight excluding hydrogens is 549 g/mol. The largest absolute Gasteiger partial charge is 0.454 e. The lowest BCUT2D eigenvalue weighted by Crippen LogP contribution is -2.34. The van der Waals surface area contributed by atoms with E-state index in [1.54, 1.807) is 24.3 Å². The lowest BCUT2D eigenvalue weighted by Gasteiger charge is -2.14. The van der Waals surface area contributed by atoms with Gasteiger partial charge in [0, 0.05) is 17.0 Å². The minimum atomic E-state index is -0.903. The molecule has 0 fully saturated rings. The molecule has 3 N–H and O–H groups in total. The number of aromatic amines is 2. The Labute approximate surface area is 231 Å². The number of fused-ring (bicyclic) bond motifs is 1. The molecule has 0 aliphatic heterocycles. The summed E-state index contributed by atoms with van der Waals surface area (Å²) in [6.07, 6.45) is 0.588. The minimum absolute atomic E-state index is 0.0523. The minimum Gasteiger partial charge on any atom is -0.454 e. The van der Waals surface area contributed by atoms with E-state index in [0.29, 0.717) is 17.7 Å². The first kappa shape index (κ1) is 27.9. The molecule has 0 unspecified atom stereocenters. The second-order valence-electron chi connectivity index (χ2n) is 8.93. The number of benzene rings is 2. The SMILES string of the molecule is CCCCOC(=O)Nc1nn(-c2cc(Cl)c(Oc3ccc4[nH]c(=O)cc(C(C)C)c4c3)c(Cl)c2)c(=O)[nH]c1=O. The number of amides is 1. The first-order valence-corrected chi connectivity index (χ1v) is 12.8. The second-order valence-corrected chi connectivity index (χ2v) is 9.74. The van der Waals surface area contributed by atoms with Gasteiger partial charge in [0.25, 0.3) is 5.56 Å². The van der Waals surface area contributed by atoms with Gasteiger partial charge in [0.05, 0.1) is 22.3 Å². The van der Waals surface area contributed by atoms with Gasteiger partial charge in [-0.2, -0.15) is 4.68 Å². The van der Waals surface area contributed by atoms with Crippen LogP contribution in [0.25, 0.3) is 16.6 Å². The highest BCUT2D eigenvalue weighted by atomic mass is 35.5. The molecule has 0 radical (unpaired) electrons. The fraction of sp³-hybridized carbons (Fsp3) is 0.269. The summed E-state index contributed by atoms with van der Waals surface area (Å²) in [5.41, 5.74) is -0.351. The fourth-order valence-electron chi connectivity index (χ4n) is 3.78. The number of carbonyl (C=O) groups is 1. The number of carbonyl (C=O) groups excluding carboxylic acids is 1. The number of hydrogen-bond acceptors (Lipinski definition) is 7. The van der Waals surface area contributed by atoms with Crippen molar-refractivity contribution in [3.63, 3.8) is 0 Å². The Hall–Kier alpha value is -4.09. The first-order valence-electron chi connectivity index (χ1n) is 12.1. The average Bonchev–Trinajstić information content (AvgIpc) is 2.87. The molecule has 0 atom stereocenters. The van der Waals surface area contributed by atoms with Gasteiger partial charge in [-0.1, -0.05) is 50.4 Å². The summed E-state index contributed by atoms with van der Waals surface area (Å²) in [5.74, 6) is 0.184. The lowest BCUT2D eigenvalue weighted by molar-refractivity contribution is 0.159. The maximum Gasteiger partial charge on any atom is 0.413 e. The molecule has 0 bridgehead atoms. The summed E-state index contributed by atoms with van der Waals surface area (Å²) >= 11 is 12.9.